The first-order valence-electron chi connectivity index (χ1n) is 7.00. The summed E-state index contributed by atoms with van der Waals surface area (Å²) in [6.07, 6.45) is 1.98. The van der Waals surface area contributed by atoms with Crippen LogP contribution in [0, 0.1) is 12.8 Å². The predicted octanol–water partition coefficient (Wildman–Crippen LogP) is 1.92. The lowest BCUT2D eigenvalue weighted by atomic mass is 10.0. The maximum atomic E-state index is 12.5. The summed E-state index contributed by atoms with van der Waals surface area (Å²) in [6.45, 7) is 3.88. The van der Waals surface area contributed by atoms with Crippen LogP contribution in [-0.4, -0.2) is 28.2 Å². The minimum Gasteiger partial charge on any atom is -0.381 e. The van der Waals surface area contributed by atoms with Gasteiger partial charge < -0.3 is 10.5 Å². The van der Waals surface area contributed by atoms with Crippen LogP contribution in [0.5, 0.6) is 0 Å². The fourth-order valence-electron chi connectivity index (χ4n) is 2.38. The molecule has 21 heavy (non-hydrogen) atoms. The smallest absolute Gasteiger partial charge is 0.240 e. The first-order chi connectivity index (χ1) is 9.94. The molecule has 1 heterocycles. The van der Waals surface area contributed by atoms with Gasteiger partial charge in [0, 0.05) is 24.2 Å². The van der Waals surface area contributed by atoms with Gasteiger partial charge in [-0.3, -0.25) is 0 Å². The fourth-order valence-corrected chi connectivity index (χ4v) is 4.45. The van der Waals surface area contributed by atoms with Crippen molar-refractivity contribution in [2.24, 2.45) is 11.7 Å². The van der Waals surface area contributed by atoms with E-state index < -0.39 is 10.0 Å². The van der Waals surface area contributed by atoms with E-state index in [0.29, 0.717) is 25.3 Å². The molecule has 0 amide bonds. The maximum Gasteiger partial charge on any atom is 0.240 e. The van der Waals surface area contributed by atoms with Crippen molar-refractivity contribution in [3.63, 3.8) is 0 Å². The summed E-state index contributed by atoms with van der Waals surface area (Å²) in [5.41, 5.74) is 7.10. The molecule has 0 radical (unpaired) electrons. The Bertz CT molecular complexity index is 598. The third-order valence-electron chi connectivity index (χ3n) is 3.70. The number of sulfonamides is 1. The quantitative estimate of drug-likeness (QED) is 0.822. The van der Waals surface area contributed by atoms with Crippen LogP contribution in [0.3, 0.4) is 0 Å². The largest absolute Gasteiger partial charge is 0.381 e. The second kappa shape index (κ2) is 7.19. The van der Waals surface area contributed by atoms with Crippen LogP contribution < -0.4 is 10.5 Å². The fraction of sp³-hybridized carbons (Fsp3) is 0.571. The number of ether oxygens (including phenoxy) is 1. The molecular weight excluding hydrogens is 356 g/mol. The van der Waals surface area contributed by atoms with Crippen molar-refractivity contribution < 1.29 is 13.2 Å². The maximum absolute atomic E-state index is 12.5. The predicted molar refractivity (Wildman–Crippen MR) is 85.5 cm³/mol. The second-order valence-electron chi connectivity index (χ2n) is 5.34. The van der Waals surface area contributed by atoms with Crippen LogP contribution in [0.15, 0.2) is 21.5 Å². The van der Waals surface area contributed by atoms with Crippen LogP contribution in [-0.2, 0) is 21.3 Å². The third kappa shape index (κ3) is 4.26. The first-order valence-corrected chi connectivity index (χ1v) is 9.28. The molecule has 1 aliphatic heterocycles. The molecule has 0 saturated carbocycles. The Kier molecular flexibility index (Phi) is 5.79. The first kappa shape index (κ1) is 16.9. The molecule has 0 aliphatic carbocycles. The SMILES string of the molecule is Cc1c(Br)cc(CN)cc1S(=O)(=O)NCC1CCCOC1. The minimum absolute atomic E-state index is 0.245. The Balaban J connectivity index is 2.16. The standard InChI is InChI=1S/C14H21BrN2O3S/c1-10-13(15)5-12(7-16)6-14(10)21(18,19)17-8-11-3-2-4-20-9-11/h5-6,11,17H,2-4,7-9,16H2,1H3. The molecule has 0 aromatic heterocycles. The molecule has 0 bridgehead atoms. The Morgan fingerprint density at radius 2 is 2.24 bits per heavy atom. The van der Waals surface area contributed by atoms with Gasteiger partial charge in [-0.05, 0) is 48.9 Å². The highest BCUT2D eigenvalue weighted by Crippen LogP contribution is 2.26. The van der Waals surface area contributed by atoms with Crippen molar-refractivity contribution in [2.45, 2.75) is 31.2 Å². The van der Waals surface area contributed by atoms with Gasteiger partial charge in [-0.15, -0.1) is 0 Å². The van der Waals surface area contributed by atoms with Gasteiger partial charge in [-0.2, -0.15) is 0 Å². The molecule has 7 heteroatoms. The van der Waals surface area contributed by atoms with Crippen molar-refractivity contribution in [3.8, 4) is 0 Å². The van der Waals surface area contributed by atoms with Crippen molar-refractivity contribution >= 4 is 26.0 Å². The Morgan fingerprint density at radius 1 is 1.48 bits per heavy atom. The number of nitrogens with one attached hydrogen (secondary N) is 1. The zero-order chi connectivity index (χ0) is 15.5. The summed E-state index contributed by atoms with van der Waals surface area (Å²) < 4.78 is 33.8. The number of nitrogens with two attached hydrogens (primary N) is 1. The third-order valence-corrected chi connectivity index (χ3v) is 6.07. The van der Waals surface area contributed by atoms with Crippen LogP contribution in [0.25, 0.3) is 0 Å². The molecule has 0 spiro atoms. The van der Waals surface area contributed by atoms with Gasteiger partial charge in [-0.25, -0.2) is 13.1 Å². The van der Waals surface area contributed by atoms with Crippen molar-refractivity contribution in [2.75, 3.05) is 19.8 Å². The van der Waals surface area contributed by atoms with Gasteiger partial charge in [0.1, 0.15) is 0 Å². The van der Waals surface area contributed by atoms with E-state index >= 15 is 0 Å². The Morgan fingerprint density at radius 3 is 2.86 bits per heavy atom. The van der Waals surface area contributed by atoms with Crippen LogP contribution in [0.2, 0.25) is 0 Å². The van der Waals surface area contributed by atoms with Crippen molar-refractivity contribution in [3.05, 3.63) is 27.7 Å². The molecule has 1 fully saturated rings. The van der Waals surface area contributed by atoms with Crippen LogP contribution >= 0.6 is 15.9 Å². The van der Waals surface area contributed by atoms with Gasteiger partial charge in [0.2, 0.25) is 10.0 Å². The van der Waals surface area contributed by atoms with E-state index in [-0.39, 0.29) is 10.8 Å². The highest BCUT2D eigenvalue weighted by molar-refractivity contribution is 9.10. The molecule has 3 N–H and O–H groups in total. The van der Waals surface area contributed by atoms with Gasteiger partial charge in [0.25, 0.3) is 0 Å². The highest BCUT2D eigenvalue weighted by Gasteiger charge is 2.22. The van der Waals surface area contributed by atoms with E-state index in [2.05, 4.69) is 20.7 Å². The monoisotopic (exact) mass is 376 g/mol. The second-order valence-corrected chi connectivity index (χ2v) is 7.93. The molecule has 1 atom stereocenters. The Labute approximate surface area is 134 Å². The van der Waals surface area contributed by atoms with Gasteiger partial charge >= 0.3 is 0 Å². The number of rotatable bonds is 5. The van der Waals surface area contributed by atoms with Gasteiger partial charge in [-0.1, -0.05) is 15.9 Å². The lowest BCUT2D eigenvalue weighted by Gasteiger charge is -2.22. The minimum atomic E-state index is -3.54. The summed E-state index contributed by atoms with van der Waals surface area (Å²) in [5.74, 6) is 0.245. The zero-order valence-corrected chi connectivity index (χ0v) is 14.5. The summed E-state index contributed by atoms with van der Waals surface area (Å²) in [7, 11) is -3.54. The van der Waals surface area contributed by atoms with E-state index in [1.54, 1.807) is 13.0 Å². The number of hydrogen-bond donors (Lipinski definition) is 2. The van der Waals surface area contributed by atoms with Crippen molar-refractivity contribution in [1.29, 1.82) is 0 Å². The molecule has 1 aromatic rings. The van der Waals surface area contributed by atoms with Crippen molar-refractivity contribution in [1.82, 2.24) is 4.72 Å². The van der Waals surface area contributed by atoms with E-state index in [0.717, 1.165) is 29.5 Å². The van der Waals surface area contributed by atoms with E-state index in [9.17, 15) is 8.42 Å². The average Bonchev–Trinajstić information content (AvgIpc) is 2.48. The number of halogens is 1. The molecule has 2 rings (SSSR count). The Hall–Kier alpha value is -0.470. The number of benzene rings is 1. The molecule has 1 unspecified atom stereocenters. The average molecular weight is 377 g/mol. The summed E-state index contributed by atoms with van der Waals surface area (Å²) in [6, 6.07) is 3.49. The molecule has 1 aromatic carbocycles. The van der Waals surface area contributed by atoms with E-state index in [1.165, 1.54) is 0 Å². The lowest BCUT2D eigenvalue weighted by Crippen LogP contribution is -2.33. The molecule has 1 saturated heterocycles. The summed E-state index contributed by atoms with van der Waals surface area (Å²) in [4.78, 5) is 0.286. The van der Waals surface area contributed by atoms with Gasteiger partial charge in [0.15, 0.2) is 0 Å². The van der Waals surface area contributed by atoms with Gasteiger partial charge in [0.05, 0.1) is 11.5 Å². The summed E-state index contributed by atoms with van der Waals surface area (Å²) in [5, 5.41) is 0. The normalized spacial score (nSPS) is 19.7. The highest BCUT2D eigenvalue weighted by atomic mass is 79.9. The molecule has 1 aliphatic rings. The summed E-state index contributed by atoms with van der Waals surface area (Å²) >= 11 is 3.39. The topological polar surface area (TPSA) is 81.4 Å². The van der Waals surface area contributed by atoms with Crippen LogP contribution in [0.1, 0.15) is 24.0 Å². The van der Waals surface area contributed by atoms with E-state index in [1.807, 2.05) is 6.07 Å². The van der Waals surface area contributed by atoms with Crippen LogP contribution in [0.4, 0.5) is 0 Å². The molecule has 118 valence electrons. The molecule has 5 nitrogen and oxygen atoms in total. The van der Waals surface area contributed by atoms with E-state index in [4.69, 9.17) is 10.5 Å². The lowest BCUT2D eigenvalue weighted by molar-refractivity contribution is 0.0568. The zero-order valence-electron chi connectivity index (χ0n) is 12.1. The molecular formula is C14H21BrN2O3S. The number of hydrogen-bond acceptors (Lipinski definition) is 4.